The van der Waals surface area contributed by atoms with Gasteiger partial charge in [-0.05, 0) is 30.9 Å². The highest BCUT2D eigenvalue weighted by Gasteiger charge is 2.45. The second kappa shape index (κ2) is 12.0. The minimum absolute atomic E-state index is 0.0347. The van der Waals surface area contributed by atoms with E-state index in [2.05, 4.69) is 15.4 Å². The Hall–Kier alpha value is -2.35. The number of carboxylic acid groups (broad SMARTS) is 1. The quantitative estimate of drug-likeness (QED) is 0.180. The maximum absolute atomic E-state index is 13.1. The number of nitrogens with one attached hydrogen (secondary N) is 3. The maximum atomic E-state index is 13.1. The lowest BCUT2D eigenvalue weighted by Crippen LogP contribution is -2.57. The van der Waals surface area contributed by atoms with E-state index in [4.69, 9.17) is 9.26 Å². The van der Waals surface area contributed by atoms with E-state index in [1.54, 1.807) is 20.0 Å². The van der Waals surface area contributed by atoms with Crippen molar-refractivity contribution >= 4 is 30.5 Å². The number of H-pyrrole nitrogens is 1. The van der Waals surface area contributed by atoms with Gasteiger partial charge in [-0.1, -0.05) is 32.0 Å². The second-order valence-corrected chi connectivity index (χ2v) is 11.1. The summed E-state index contributed by atoms with van der Waals surface area (Å²) >= 11 is 0. The number of hydrogen-bond acceptors (Lipinski definition) is 8. The zero-order valence-electron chi connectivity index (χ0n) is 20.6. The number of aliphatic hydroxyl groups is 3. The van der Waals surface area contributed by atoms with E-state index in [0.717, 1.165) is 10.9 Å². The minimum atomic E-state index is -4.83. The molecule has 13 nitrogen and oxygen atoms in total. The van der Waals surface area contributed by atoms with Gasteiger partial charge in [0.2, 0.25) is 5.91 Å². The molecule has 14 heteroatoms. The Labute approximate surface area is 213 Å². The van der Waals surface area contributed by atoms with Crippen LogP contribution >= 0.6 is 7.75 Å². The summed E-state index contributed by atoms with van der Waals surface area (Å²) < 4.78 is 23.0. The van der Waals surface area contributed by atoms with Gasteiger partial charge < -0.3 is 40.4 Å². The predicted molar refractivity (Wildman–Crippen MR) is 131 cm³/mol. The molecule has 0 aliphatic carbocycles. The number of carbonyl (C=O) groups is 2. The molecule has 3 rings (SSSR count). The summed E-state index contributed by atoms with van der Waals surface area (Å²) in [6.45, 7) is 4.90. The first-order valence-electron chi connectivity index (χ1n) is 11.9. The van der Waals surface area contributed by atoms with E-state index in [0.29, 0.717) is 5.56 Å². The summed E-state index contributed by atoms with van der Waals surface area (Å²) in [5.74, 6) is -2.27. The summed E-state index contributed by atoms with van der Waals surface area (Å²) in [6, 6.07) is 4.63. The van der Waals surface area contributed by atoms with Gasteiger partial charge >= 0.3 is 13.7 Å². The number of aromatic amines is 1. The molecule has 0 bridgehead atoms. The van der Waals surface area contributed by atoms with E-state index >= 15 is 0 Å². The predicted octanol–water partition coefficient (Wildman–Crippen LogP) is 0.229. The van der Waals surface area contributed by atoms with Crippen LogP contribution in [0.3, 0.4) is 0 Å². The van der Waals surface area contributed by atoms with Crippen molar-refractivity contribution in [1.82, 2.24) is 15.4 Å². The number of para-hydroxylation sites is 1. The molecular formula is C23H34N3O10P. The maximum Gasteiger partial charge on any atom is 0.406 e. The Morgan fingerprint density at radius 2 is 1.81 bits per heavy atom. The summed E-state index contributed by atoms with van der Waals surface area (Å²) in [7, 11) is -4.83. The average molecular weight is 544 g/mol. The van der Waals surface area contributed by atoms with Gasteiger partial charge in [0, 0.05) is 23.5 Å². The lowest BCUT2D eigenvalue weighted by molar-refractivity contribution is -0.270. The van der Waals surface area contributed by atoms with Gasteiger partial charge in [-0.3, -0.25) is 9.32 Å². The fourth-order valence-corrected chi connectivity index (χ4v) is 5.28. The number of hydrogen-bond donors (Lipinski definition) is 8. The molecule has 2 heterocycles. The third-order valence-corrected chi connectivity index (χ3v) is 7.24. The first-order valence-corrected chi connectivity index (χ1v) is 13.4. The Morgan fingerprint density at radius 3 is 2.46 bits per heavy atom. The molecule has 0 spiro atoms. The number of amides is 1. The van der Waals surface area contributed by atoms with Crippen LogP contribution in [-0.2, 0) is 29.8 Å². The van der Waals surface area contributed by atoms with Crippen LogP contribution < -0.4 is 10.4 Å². The summed E-state index contributed by atoms with van der Waals surface area (Å²) in [5.41, 5.74) is 1.48. The second-order valence-electron chi connectivity index (χ2n) is 9.58. The highest BCUT2D eigenvalue weighted by atomic mass is 31.2. The first-order chi connectivity index (χ1) is 17.3. The summed E-state index contributed by atoms with van der Waals surface area (Å²) in [6.07, 6.45) is -6.08. The number of benzene rings is 1. The Kier molecular flexibility index (Phi) is 9.48. The molecule has 37 heavy (non-hydrogen) atoms. The molecule has 1 fully saturated rings. The van der Waals surface area contributed by atoms with Crippen LogP contribution in [0.15, 0.2) is 30.5 Å². The lowest BCUT2D eigenvalue weighted by atomic mass is 10.0. The van der Waals surface area contributed by atoms with E-state index in [1.807, 2.05) is 24.3 Å². The standard InChI is InChI=1S/C23H34N3O10P/c1-11(2)8-16(26-37(33,34)36-23-20(29)19(28)18(27)12(3)35-23)21(30)25-17(22(31)32)9-13-10-24-15-7-5-4-6-14(13)15/h4-7,10-12,16-20,23-24,27-29H,8-9H2,1-3H3,(H,25,30)(H,31,32)(H2,26,33,34)/t12-,16+,17+,18+,19+,20+,23-/m0/s1. The molecule has 206 valence electrons. The molecule has 1 aliphatic rings. The van der Waals surface area contributed by atoms with Crippen LogP contribution in [0.4, 0.5) is 0 Å². The highest BCUT2D eigenvalue weighted by Crippen LogP contribution is 2.42. The van der Waals surface area contributed by atoms with E-state index in [1.165, 1.54) is 6.92 Å². The van der Waals surface area contributed by atoms with Crippen LogP contribution in [-0.4, -0.2) is 85.0 Å². The molecule has 8 N–H and O–H groups in total. The molecule has 1 amide bonds. The Bertz CT molecular complexity index is 1140. The summed E-state index contributed by atoms with van der Waals surface area (Å²) in [4.78, 5) is 38.5. The van der Waals surface area contributed by atoms with Crippen molar-refractivity contribution < 1.29 is 48.7 Å². The van der Waals surface area contributed by atoms with Gasteiger partial charge in [0.25, 0.3) is 0 Å². The van der Waals surface area contributed by atoms with Crippen molar-refractivity contribution in [2.24, 2.45) is 5.92 Å². The average Bonchev–Trinajstić information content (AvgIpc) is 3.22. The molecule has 0 saturated carbocycles. The molecule has 2 aromatic rings. The van der Waals surface area contributed by atoms with Crippen LogP contribution in [0.5, 0.6) is 0 Å². The SMILES string of the molecule is CC(C)C[C@@H](NP(=O)(O)O[C@@H]1O[C@@H](C)[C@@H](O)[C@@H](O)[C@H]1O)C(=O)N[C@H](Cc1c[nH]c2ccccc12)C(=O)O. The number of aliphatic hydroxyl groups excluding tert-OH is 3. The highest BCUT2D eigenvalue weighted by molar-refractivity contribution is 7.50. The topological polar surface area (TPSA) is 211 Å². The normalized spacial score (nSPS) is 27.5. The van der Waals surface area contributed by atoms with Crippen LogP contribution in [0.25, 0.3) is 10.9 Å². The van der Waals surface area contributed by atoms with Crippen molar-refractivity contribution in [2.45, 2.75) is 76.4 Å². The summed E-state index contributed by atoms with van der Waals surface area (Å²) in [5, 5.41) is 45.0. The van der Waals surface area contributed by atoms with E-state index < -0.39 is 62.4 Å². The van der Waals surface area contributed by atoms with Crippen LogP contribution in [0.1, 0.15) is 32.8 Å². The number of fused-ring (bicyclic) bond motifs is 1. The number of ether oxygens (including phenoxy) is 1. The molecule has 0 radical (unpaired) electrons. The molecule has 1 unspecified atom stereocenters. The van der Waals surface area contributed by atoms with Crippen LogP contribution in [0, 0.1) is 5.92 Å². The molecule has 1 aromatic carbocycles. The van der Waals surface area contributed by atoms with Gasteiger partial charge in [-0.2, -0.15) is 0 Å². The van der Waals surface area contributed by atoms with Gasteiger partial charge in [-0.15, -0.1) is 0 Å². The van der Waals surface area contributed by atoms with Crippen molar-refractivity contribution in [3.05, 3.63) is 36.0 Å². The van der Waals surface area contributed by atoms with E-state index in [9.17, 15) is 39.5 Å². The Balaban J connectivity index is 1.72. The Morgan fingerprint density at radius 1 is 1.14 bits per heavy atom. The smallest absolute Gasteiger partial charge is 0.406 e. The zero-order chi connectivity index (χ0) is 27.5. The van der Waals surface area contributed by atoms with Crippen molar-refractivity contribution in [2.75, 3.05) is 0 Å². The number of carbonyl (C=O) groups excluding carboxylic acids is 1. The van der Waals surface area contributed by atoms with Gasteiger partial charge in [0.05, 0.1) is 12.1 Å². The van der Waals surface area contributed by atoms with Crippen molar-refractivity contribution in [3.8, 4) is 0 Å². The van der Waals surface area contributed by atoms with Gasteiger partial charge in [0.15, 0.2) is 6.29 Å². The third-order valence-electron chi connectivity index (χ3n) is 6.11. The van der Waals surface area contributed by atoms with E-state index in [-0.39, 0.29) is 18.8 Å². The van der Waals surface area contributed by atoms with Gasteiger partial charge in [0.1, 0.15) is 24.4 Å². The molecule has 1 saturated heterocycles. The molecule has 1 aromatic heterocycles. The van der Waals surface area contributed by atoms with Crippen molar-refractivity contribution in [3.63, 3.8) is 0 Å². The lowest BCUT2D eigenvalue weighted by Gasteiger charge is -2.39. The number of rotatable bonds is 11. The zero-order valence-corrected chi connectivity index (χ0v) is 21.5. The van der Waals surface area contributed by atoms with Crippen molar-refractivity contribution in [1.29, 1.82) is 0 Å². The molecule has 1 aliphatic heterocycles. The number of aromatic nitrogens is 1. The molecule has 8 atom stereocenters. The monoisotopic (exact) mass is 543 g/mol. The minimum Gasteiger partial charge on any atom is -0.480 e. The van der Waals surface area contributed by atoms with Gasteiger partial charge in [-0.25, -0.2) is 14.4 Å². The fourth-order valence-electron chi connectivity index (χ4n) is 4.15. The first kappa shape index (κ1) is 29.2. The number of carboxylic acids is 1. The third kappa shape index (κ3) is 7.37. The number of aliphatic carboxylic acids is 1. The largest absolute Gasteiger partial charge is 0.480 e. The molecular weight excluding hydrogens is 509 g/mol. The van der Waals surface area contributed by atoms with Crippen LogP contribution in [0.2, 0.25) is 0 Å². The fraction of sp³-hybridized carbons (Fsp3) is 0.565.